The number of aromatic nitrogens is 2. The fourth-order valence-corrected chi connectivity index (χ4v) is 3.22. The second-order valence-corrected chi connectivity index (χ2v) is 6.70. The van der Waals surface area contributed by atoms with Gasteiger partial charge in [-0.25, -0.2) is 9.97 Å². The van der Waals surface area contributed by atoms with E-state index in [1.54, 1.807) is 0 Å². The Morgan fingerprint density at radius 3 is 3.22 bits per heavy atom. The molecule has 0 spiro atoms. The molecule has 1 aliphatic heterocycles. The van der Waals surface area contributed by atoms with Crippen molar-refractivity contribution in [3.8, 4) is 0 Å². The van der Waals surface area contributed by atoms with Gasteiger partial charge in [0, 0.05) is 38.2 Å². The largest absolute Gasteiger partial charge is 0.451 e. The minimum absolute atomic E-state index is 0.0672. The normalized spacial score (nSPS) is 19.4. The van der Waals surface area contributed by atoms with Gasteiger partial charge in [0.25, 0.3) is 5.91 Å². The molecule has 1 unspecified atom stereocenters. The maximum Gasteiger partial charge on any atom is 0.273 e. The zero-order valence-corrected chi connectivity index (χ0v) is 14.0. The predicted octanol–water partition coefficient (Wildman–Crippen LogP) is 1.81. The summed E-state index contributed by atoms with van der Waals surface area (Å²) in [5, 5.41) is 4.79. The molecule has 1 saturated heterocycles. The molecule has 0 bridgehead atoms. The molecular formula is C14H17ClN4O3S. The number of nitrogens with zero attached hydrogens (tertiary/aromatic N) is 3. The van der Waals surface area contributed by atoms with E-state index < -0.39 is 0 Å². The number of nitrogens with one attached hydrogen (secondary N) is 1. The average molecular weight is 357 g/mol. The third kappa shape index (κ3) is 4.74. The smallest absolute Gasteiger partial charge is 0.273 e. The zero-order chi connectivity index (χ0) is 16.1. The summed E-state index contributed by atoms with van der Waals surface area (Å²) in [6.45, 7) is 3.51. The molecule has 1 aliphatic rings. The first-order chi connectivity index (χ1) is 11.2. The molecule has 124 valence electrons. The Balaban J connectivity index is 1.51. The van der Waals surface area contributed by atoms with Crippen LogP contribution in [0.1, 0.15) is 22.6 Å². The molecule has 23 heavy (non-hydrogen) atoms. The van der Waals surface area contributed by atoms with Gasteiger partial charge in [0.15, 0.2) is 16.6 Å². The lowest BCUT2D eigenvalue weighted by molar-refractivity contribution is 0.0508. The van der Waals surface area contributed by atoms with Gasteiger partial charge in [-0.3, -0.25) is 9.69 Å². The van der Waals surface area contributed by atoms with E-state index in [4.69, 9.17) is 20.8 Å². The van der Waals surface area contributed by atoms with Gasteiger partial charge in [-0.2, -0.15) is 0 Å². The number of rotatable bonds is 5. The van der Waals surface area contributed by atoms with Crippen molar-refractivity contribution in [3.63, 3.8) is 0 Å². The molecule has 3 heterocycles. The van der Waals surface area contributed by atoms with Crippen molar-refractivity contribution in [1.29, 1.82) is 0 Å². The number of amides is 1. The molecule has 7 nitrogen and oxygen atoms in total. The highest BCUT2D eigenvalue weighted by atomic mass is 35.5. The maximum absolute atomic E-state index is 11.9. The molecule has 2 aromatic rings. The van der Waals surface area contributed by atoms with Crippen LogP contribution >= 0.6 is 22.9 Å². The van der Waals surface area contributed by atoms with E-state index in [0.29, 0.717) is 17.6 Å². The van der Waals surface area contributed by atoms with Crippen molar-refractivity contribution in [2.45, 2.75) is 19.1 Å². The van der Waals surface area contributed by atoms with Crippen LogP contribution in [-0.2, 0) is 11.3 Å². The molecule has 0 aromatic carbocycles. The maximum atomic E-state index is 11.9. The molecule has 0 radical (unpaired) electrons. The first-order valence-electron chi connectivity index (χ1n) is 7.31. The Bertz CT molecular complexity index is 634. The predicted molar refractivity (Wildman–Crippen MR) is 85.6 cm³/mol. The van der Waals surface area contributed by atoms with Crippen molar-refractivity contribution >= 4 is 28.8 Å². The molecule has 1 N–H and O–H groups in total. The lowest BCUT2D eigenvalue weighted by Crippen LogP contribution is -2.40. The highest BCUT2D eigenvalue weighted by Gasteiger charge is 2.21. The van der Waals surface area contributed by atoms with Crippen molar-refractivity contribution < 1.29 is 13.9 Å². The third-order valence-electron chi connectivity index (χ3n) is 3.50. The van der Waals surface area contributed by atoms with Gasteiger partial charge in [0.2, 0.25) is 0 Å². The first-order valence-corrected chi connectivity index (χ1v) is 8.56. The number of carbonyl (C=O) groups is 1. The van der Waals surface area contributed by atoms with Crippen LogP contribution in [0.25, 0.3) is 0 Å². The van der Waals surface area contributed by atoms with Crippen LogP contribution in [-0.4, -0.2) is 53.1 Å². The summed E-state index contributed by atoms with van der Waals surface area (Å²) in [7, 11) is 0. The number of hydrogen-bond acceptors (Lipinski definition) is 7. The van der Waals surface area contributed by atoms with Gasteiger partial charge in [-0.05, 0) is 6.42 Å². The van der Waals surface area contributed by atoms with Crippen LogP contribution in [0.4, 0.5) is 0 Å². The van der Waals surface area contributed by atoms with Crippen LogP contribution < -0.4 is 5.32 Å². The summed E-state index contributed by atoms with van der Waals surface area (Å²) < 4.78 is 11.2. The number of halogens is 1. The Labute approximate surface area is 142 Å². The molecule has 1 fully saturated rings. The van der Waals surface area contributed by atoms with Crippen LogP contribution in [0.5, 0.6) is 0 Å². The minimum atomic E-state index is -0.260. The van der Waals surface area contributed by atoms with Crippen molar-refractivity contribution in [3.05, 3.63) is 33.9 Å². The highest BCUT2D eigenvalue weighted by Crippen LogP contribution is 2.17. The number of oxazole rings is 1. The molecular weight excluding hydrogens is 340 g/mol. The quantitative estimate of drug-likeness (QED) is 0.880. The number of ether oxygens (including phenoxy) is 1. The van der Waals surface area contributed by atoms with Crippen molar-refractivity contribution in [2.75, 3.05) is 26.2 Å². The van der Waals surface area contributed by atoms with E-state index in [2.05, 4.69) is 20.2 Å². The lowest BCUT2D eigenvalue weighted by atomic mass is 10.3. The van der Waals surface area contributed by atoms with Gasteiger partial charge in [-0.15, -0.1) is 11.3 Å². The van der Waals surface area contributed by atoms with Crippen molar-refractivity contribution in [2.24, 2.45) is 0 Å². The van der Waals surface area contributed by atoms with E-state index in [1.807, 2.05) is 5.38 Å². The highest BCUT2D eigenvalue weighted by molar-refractivity contribution is 7.13. The monoisotopic (exact) mass is 356 g/mol. The molecule has 9 heteroatoms. The van der Waals surface area contributed by atoms with Crippen molar-refractivity contribution in [1.82, 2.24) is 20.2 Å². The molecule has 0 aliphatic carbocycles. The SMILES string of the molecule is O=C(NCC1CN(Cc2csc(Cl)n2)CCCO1)c1cocn1. The second-order valence-electron chi connectivity index (χ2n) is 5.26. The average Bonchev–Trinajstić information content (AvgIpc) is 3.15. The van der Waals surface area contributed by atoms with Crippen LogP contribution in [0.3, 0.4) is 0 Å². The number of hydrogen-bond donors (Lipinski definition) is 1. The molecule has 1 amide bonds. The van der Waals surface area contributed by atoms with E-state index in [-0.39, 0.29) is 17.7 Å². The van der Waals surface area contributed by atoms with Crippen LogP contribution in [0, 0.1) is 0 Å². The summed E-state index contributed by atoms with van der Waals surface area (Å²) >= 11 is 7.31. The second kappa shape index (κ2) is 7.87. The Hall–Kier alpha value is -1.48. The van der Waals surface area contributed by atoms with Crippen LogP contribution in [0.15, 0.2) is 22.5 Å². The molecule has 2 aromatic heterocycles. The van der Waals surface area contributed by atoms with Gasteiger partial charge in [0.05, 0.1) is 11.8 Å². The fourth-order valence-electron chi connectivity index (χ4n) is 2.44. The summed E-state index contributed by atoms with van der Waals surface area (Å²) in [6.07, 6.45) is 3.44. The fraction of sp³-hybridized carbons (Fsp3) is 0.500. The van der Waals surface area contributed by atoms with Crippen LogP contribution in [0.2, 0.25) is 4.47 Å². The summed E-state index contributed by atoms with van der Waals surface area (Å²) in [5.74, 6) is -0.260. The van der Waals surface area contributed by atoms with Gasteiger partial charge in [0.1, 0.15) is 6.26 Å². The topological polar surface area (TPSA) is 80.5 Å². The summed E-state index contributed by atoms with van der Waals surface area (Å²) in [4.78, 5) is 22.3. The number of thiazole rings is 1. The van der Waals surface area contributed by atoms with E-state index in [0.717, 1.165) is 31.7 Å². The molecule has 3 rings (SSSR count). The van der Waals surface area contributed by atoms with Gasteiger partial charge < -0.3 is 14.5 Å². The van der Waals surface area contributed by atoms with Gasteiger partial charge in [-0.1, -0.05) is 11.6 Å². The standard InChI is InChI=1S/C14H17ClN4O3S/c15-14-18-10(8-23-14)5-19-2-1-3-22-11(6-19)4-16-13(20)12-7-21-9-17-12/h7-9,11H,1-6H2,(H,16,20). The van der Waals surface area contributed by atoms with E-state index in [9.17, 15) is 4.79 Å². The Morgan fingerprint density at radius 1 is 1.57 bits per heavy atom. The Morgan fingerprint density at radius 2 is 2.48 bits per heavy atom. The lowest BCUT2D eigenvalue weighted by Gasteiger charge is -2.23. The minimum Gasteiger partial charge on any atom is -0.451 e. The number of carbonyl (C=O) groups excluding carboxylic acids is 1. The Kier molecular flexibility index (Phi) is 5.60. The van der Waals surface area contributed by atoms with E-state index >= 15 is 0 Å². The third-order valence-corrected chi connectivity index (χ3v) is 4.53. The van der Waals surface area contributed by atoms with E-state index in [1.165, 1.54) is 24.0 Å². The first kappa shape index (κ1) is 16.4. The summed E-state index contributed by atoms with van der Waals surface area (Å²) in [5.41, 5.74) is 1.24. The summed E-state index contributed by atoms with van der Waals surface area (Å²) in [6, 6.07) is 0. The van der Waals surface area contributed by atoms with Gasteiger partial charge >= 0.3 is 0 Å². The molecule has 0 saturated carbocycles. The zero-order valence-electron chi connectivity index (χ0n) is 12.4. The molecule has 1 atom stereocenters.